The van der Waals surface area contributed by atoms with Crippen molar-refractivity contribution < 1.29 is 23.0 Å². The lowest BCUT2D eigenvalue weighted by molar-refractivity contribution is 0.218. The number of rotatable bonds is 7. The molecule has 33 heavy (non-hydrogen) atoms. The molecular formula is C28H27F3O2. The topological polar surface area (TPSA) is 29.5 Å². The van der Waals surface area contributed by atoms with Gasteiger partial charge >= 0.3 is 0 Å². The van der Waals surface area contributed by atoms with Gasteiger partial charge in [-0.05, 0) is 78.0 Å². The average Bonchev–Trinajstić information content (AvgIpc) is 2.85. The highest BCUT2D eigenvalue weighted by Gasteiger charge is 2.20. The van der Waals surface area contributed by atoms with Gasteiger partial charge in [-0.1, -0.05) is 48.5 Å². The monoisotopic (exact) mass is 452 g/mol. The van der Waals surface area contributed by atoms with E-state index in [1.807, 2.05) is 30.3 Å². The maximum Gasteiger partial charge on any atom is 0.166 e. The summed E-state index contributed by atoms with van der Waals surface area (Å²) in [4.78, 5) is 0. The molecule has 0 saturated heterocycles. The third-order valence-corrected chi connectivity index (χ3v) is 6.41. The molecule has 1 unspecified atom stereocenters. The van der Waals surface area contributed by atoms with Gasteiger partial charge < -0.3 is 9.84 Å². The molecule has 0 bridgehead atoms. The Morgan fingerprint density at radius 2 is 1.67 bits per heavy atom. The van der Waals surface area contributed by atoms with Gasteiger partial charge in [0, 0.05) is 12.2 Å². The summed E-state index contributed by atoms with van der Waals surface area (Å²) in [5, 5.41) is 9.26. The number of ether oxygens (including phenoxy) is 1. The van der Waals surface area contributed by atoms with E-state index in [9.17, 15) is 18.3 Å². The summed E-state index contributed by atoms with van der Waals surface area (Å²) in [6.07, 6.45) is 4.97. The van der Waals surface area contributed by atoms with Gasteiger partial charge in [-0.3, -0.25) is 0 Å². The van der Waals surface area contributed by atoms with E-state index in [0.717, 1.165) is 28.7 Å². The smallest absolute Gasteiger partial charge is 0.166 e. The first-order valence-electron chi connectivity index (χ1n) is 11.2. The molecule has 1 aliphatic carbocycles. The van der Waals surface area contributed by atoms with Gasteiger partial charge in [0.1, 0.15) is 0 Å². The second kappa shape index (κ2) is 10.3. The maximum atomic E-state index is 14.8. The van der Waals surface area contributed by atoms with Crippen LogP contribution < -0.4 is 4.74 Å². The van der Waals surface area contributed by atoms with Crippen molar-refractivity contribution in [3.63, 3.8) is 0 Å². The largest absolute Gasteiger partial charge is 0.494 e. The van der Waals surface area contributed by atoms with E-state index in [1.165, 1.54) is 13.2 Å². The van der Waals surface area contributed by atoms with Crippen molar-refractivity contribution in [1.29, 1.82) is 0 Å². The molecule has 1 aliphatic rings. The first-order chi connectivity index (χ1) is 16.0. The van der Waals surface area contributed by atoms with Crippen LogP contribution in [0.2, 0.25) is 0 Å². The van der Waals surface area contributed by atoms with E-state index in [0.29, 0.717) is 36.8 Å². The molecule has 1 N–H and O–H groups in total. The standard InChI is InChI=1S/C28H27F3O2/c1-33-26-15-13-23(16-25(26)29)20-7-2-18(3-8-20)4-11-22-12-14-24(28(31)27(22)30)21-9-5-19(17-32)6-10-21/h2-3,7-9,12-16,19,32H,4-6,10-11,17H2,1H3. The van der Waals surface area contributed by atoms with Crippen LogP contribution in [0.15, 0.2) is 60.7 Å². The number of halogens is 3. The fourth-order valence-electron chi connectivity index (χ4n) is 4.32. The molecule has 3 aromatic rings. The molecule has 0 fully saturated rings. The first-order valence-corrected chi connectivity index (χ1v) is 11.2. The van der Waals surface area contributed by atoms with Gasteiger partial charge in [-0.15, -0.1) is 0 Å². The highest BCUT2D eigenvalue weighted by molar-refractivity contribution is 5.67. The molecule has 0 radical (unpaired) electrons. The van der Waals surface area contributed by atoms with Crippen LogP contribution in [-0.4, -0.2) is 18.8 Å². The summed E-state index contributed by atoms with van der Waals surface area (Å²) in [7, 11) is 1.43. The zero-order valence-electron chi connectivity index (χ0n) is 18.6. The molecule has 1 atom stereocenters. The highest BCUT2D eigenvalue weighted by Crippen LogP contribution is 2.33. The zero-order valence-corrected chi connectivity index (χ0v) is 18.6. The third kappa shape index (κ3) is 5.14. The summed E-state index contributed by atoms with van der Waals surface area (Å²) in [6.45, 7) is 0.123. The molecule has 0 saturated carbocycles. The molecule has 0 spiro atoms. The van der Waals surface area contributed by atoms with Crippen LogP contribution in [0.25, 0.3) is 16.7 Å². The van der Waals surface area contributed by atoms with Crippen LogP contribution in [0.4, 0.5) is 13.2 Å². The molecule has 0 aromatic heterocycles. The van der Waals surface area contributed by atoms with E-state index < -0.39 is 17.5 Å². The van der Waals surface area contributed by atoms with Gasteiger partial charge in [0.15, 0.2) is 23.2 Å². The second-order valence-electron chi connectivity index (χ2n) is 8.50. The predicted molar refractivity (Wildman–Crippen MR) is 125 cm³/mol. The minimum absolute atomic E-state index is 0.123. The molecule has 5 heteroatoms. The Balaban J connectivity index is 1.43. The van der Waals surface area contributed by atoms with Gasteiger partial charge in [-0.25, -0.2) is 13.2 Å². The van der Waals surface area contributed by atoms with Crippen molar-refractivity contribution in [2.75, 3.05) is 13.7 Å². The van der Waals surface area contributed by atoms with E-state index in [2.05, 4.69) is 0 Å². The van der Waals surface area contributed by atoms with Crippen LogP contribution in [0.1, 0.15) is 36.0 Å². The van der Waals surface area contributed by atoms with Gasteiger partial charge in [-0.2, -0.15) is 0 Å². The number of aliphatic hydroxyl groups excluding tert-OH is 1. The van der Waals surface area contributed by atoms with E-state index in [1.54, 1.807) is 24.3 Å². The molecule has 0 amide bonds. The number of hydrogen-bond donors (Lipinski definition) is 1. The van der Waals surface area contributed by atoms with Crippen LogP contribution in [0.5, 0.6) is 5.75 Å². The van der Waals surface area contributed by atoms with Crippen molar-refractivity contribution in [2.24, 2.45) is 5.92 Å². The van der Waals surface area contributed by atoms with Crippen LogP contribution in [-0.2, 0) is 12.8 Å². The minimum atomic E-state index is -0.793. The molecule has 0 heterocycles. The number of hydrogen-bond acceptors (Lipinski definition) is 2. The maximum absolute atomic E-state index is 14.8. The Morgan fingerprint density at radius 1 is 0.909 bits per heavy atom. The third-order valence-electron chi connectivity index (χ3n) is 6.41. The van der Waals surface area contributed by atoms with Crippen LogP contribution in [0.3, 0.4) is 0 Å². The molecule has 2 nitrogen and oxygen atoms in total. The fourth-order valence-corrected chi connectivity index (χ4v) is 4.32. The first kappa shape index (κ1) is 23.1. The number of methoxy groups -OCH3 is 1. The normalized spacial score (nSPS) is 15.9. The highest BCUT2D eigenvalue weighted by atomic mass is 19.2. The molecule has 0 aliphatic heterocycles. The number of benzene rings is 3. The van der Waals surface area contributed by atoms with Crippen molar-refractivity contribution in [2.45, 2.75) is 32.1 Å². The summed E-state index contributed by atoms with van der Waals surface area (Å²) in [6, 6.07) is 15.8. The van der Waals surface area contributed by atoms with Crippen molar-refractivity contribution >= 4 is 5.57 Å². The zero-order chi connectivity index (χ0) is 23.4. The number of allylic oxidation sites excluding steroid dienone is 2. The predicted octanol–water partition coefficient (Wildman–Crippen LogP) is 6.74. The van der Waals surface area contributed by atoms with E-state index in [-0.39, 0.29) is 18.3 Å². The lowest BCUT2D eigenvalue weighted by atomic mass is 9.86. The van der Waals surface area contributed by atoms with Crippen LogP contribution in [0, 0.1) is 23.4 Å². The second-order valence-corrected chi connectivity index (χ2v) is 8.50. The molecule has 4 rings (SSSR count). The summed E-state index contributed by atoms with van der Waals surface area (Å²) in [5.41, 5.74) is 4.08. The van der Waals surface area contributed by atoms with Gasteiger partial charge in [0.05, 0.1) is 7.11 Å². The summed E-state index contributed by atoms with van der Waals surface area (Å²) in [5.74, 6) is -1.60. The molecular weight excluding hydrogens is 425 g/mol. The van der Waals surface area contributed by atoms with Crippen molar-refractivity contribution in [1.82, 2.24) is 0 Å². The molecule has 172 valence electrons. The summed E-state index contributed by atoms with van der Waals surface area (Å²) < 4.78 is 48.5. The number of aryl methyl sites for hydroxylation is 2. The average molecular weight is 453 g/mol. The molecule has 3 aromatic carbocycles. The lowest BCUT2D eigenvalue weighted by Gasteiger charge is -2.21. The quantitative estimate of drug-likeness (QED) is 0.430. The fraction of sp³-hybridized carbons (Fsp3) is 0.286. The Labute approximate surface area is 192 Å². The Bertz CT molecular complexity index is 1150. The van der Waals surface area contributed by atoms with Crippen molar-refractivity contribution in [3.8, 4) is 16.9 Å². The summed E-state index contributed by atoms with van der Waals surface area (Å²) >= 11 is 0. The Kier molecular flexibility index (Phi) is 7.19. The van der Waals surface area contributed by atoms with Crippen molar-refractivity contribution in [3.05, 3.63) is 94.8 Å². The van der Waals surface area contributed by atoms with Gasteiger partial charge in [0.2, 0.25) is 0 Å². The van der Waals surface area contributed by atoms with Gasteiger partial charge in [0.25, 0.3) is 0 Å². The van der Waals surface area contributed by atoms with Crippen LogP contribution >= 0.6 is 0 Å². The van der Waals surface area contributed by atoms with E-state index in [4.69, 9.17) is 4.74 Å². The lowest BCUT2D eigenvalue weighted by Crippen LogP contribution is -2.10. The number of aliphatic hydroxyl groups is 1. The Hall–Kier alpha value is -3.05. The Morgan fingerprint density at radius 3 is 2.30 bits per heavy atom. The SMILES string of the molecule is COc1ccc(-c2ccc(CCc3ccc(C4=CCC(CO)CC4)c(F)c3F)cc2)cc1F. The van der Waals surface area contributed by atoms with E-state index >= 15 is 0 Å². The minimum Gasteiger partial charge on any atom is -0.494 e.